The van der Waals surface area contributed by atoms with E-state index in [2.05, 4.69) is 33.2 Å². The minimum atomic E-state index is -1.08. The predicted molar refractivity (Wildman–Crippen MR) is 105 cm³/mol. The molecule has 7 nitrogen and oxygen atoms in total. The van der Waals surface area contributed by atoms with Gasteiger partial charge in [-0.1, -0.05) is 54.2 Å². The first-order valence-corrected chi connectivity index (χ1v) is 9.73. The van der Waals surface area contributed by atoms with Crippen molar-refractivity contribution < 1.29 is 18.7 Å². The van der Waals surface area contributed by atoms with E-state index < -0.39 is 18.1 Å². The Morgan fingerprint density at radius 2 is 2.00 bits per heavy atom. The van der Waals surface area contributed by atoms with Crippen LogP contribution in [0.5, 0.6) is 0 Å². The second kappa shape index (κ2) is 10.7. The van der Waals surface area contributed by atoms with Gasteiger partial charge in [0.1, 0.15) is 0 Å². The van der Waals surface area contributed by atoms with Crippen molar-refractivity contribution >= 4 is 27.9 Å². The molecule has 0 bridgehead atoms. The predicted octanol–water partition coefficient (Wildman–Crippen LogP) is 3.81. The van der Waals surface area contributed by atoms with Crippen LogP contribution in [0.25, 0.3) is 11.3 Å². The number of ether oxygens (including phenoxy) is 1. The summed E-state index contributed by atoms with van der Waals surface area (Å²) in [5.74, 6) is 0.448. The molecule has 1 aromatic heterocycles. The average Bonchev–Trinajstić information content (AvgIpc) is 3.09. The lowest BCUT2D eigenvalue weighted by molar-refractivity contribution is -0.129. The number of rotatable bonds is 10. The second-order valence-electron chi connectivity index (χ2n) is 6.11. The van der Waals surface area contributed by atoms with Crippen LogP contribution in [0.2, 0.25) is 0 Å². The van der Waals surface area contributed by atoms with Crippen molar-refractivity contribution in [2.75, 3.05) is 6.54 Å². The van der Waals surface area contributed by atoms with Crippen molar-refractivity contribution in [2.45, 2.75) is 45.1 Å². The van der Waals surface area contributed by atoms with E-state index in [1.165, 1.54) is 0 Å². The number of benzene rings is 1. The summed E-state index contributed by atoms with van der Waals surface area (Å²) in [6.07, 6.45) is 3.64. The van der Waals surface area contributed by atoms with E-state index in [0.29, 0.717) is 18.2 Å². The third kappa shape index (κ3) is 7.05. The molecule has 146 valence electrons. The summed E-state index contributed by atoms with van der Waals surface area (Å²) in [7, 11) is 0. The molecule has 0 spiro atoms. The normalized spacial score (nSPS) is 11.8. The summed E-state index contributed by atoms with van der Waals surface area (Å²) < 4.78 is 11.6. The van der Waals surface area contributed by atoms with Crippen molar-refractivity contribution in [3.05, 3.63) is 40.8 Å². The lowest BCUT2D eigenvalue weighted by Gasteiger charge is -2.15. The molecule has 2 rings (SSSR count). The number of unbranched alkanes of at least 4 members (excludes halogenated alkanes) is 3. The summed E-state index contributed by atoms with van der Waals surface area (Å²) in [6, 6.07) is 7.55. The molecule has 0 fully saturated rings. The van der Waals surface area contributed by atoms with Gasteiger partial charge in [0.25, 0.3) is 5.91 Å². The summed E-state index contributed by atoms with van der Waals surface area (Å²) in [4.78, 5) is 27.6. The Morgan fingerprint density at radius 1 is 1.26 bits per heavy atom. The first-order chi connectivity index (χ1) is 13.0. The number of hydrogen-bond acceptors (Lipinski definition) is 5. The molecule has 1 atom stereocenters. The molecule has 1 aromatic carbocycles. The zero-order chi connectivity index (χ0) is 19.6. The molecule has 2 aromatic rings. The Hall–Kier alpha value is -2.35. The van der Waals surface area contributed by atoms with Gasteiger partial charge in [-0.3, -0.25) is 4.79 Å². The van der Waals surface area contributed by atoms with Gasteiger partial charge in [-0.05, 0) is 18.6 Å². The molecule has 0 aliphatic carbocycles. The third-order valence-corrected chi connectivity index (χ3v) is 4.45. The average molecular weight is 438 g/mol. The van der Waals surface area contributed by atoms with Crippen LogP contribution in [0, 0.1) is 0 Å². The highest BCUT2D eigenvalue weighted by Gasteiger charge is 2.24. The number of nitrogens with two attached hydrogens (primary N) is 1. The zero-order valence-corrected chi connectivity index (χ0v) is 16.8. The molecule has 0 aliphatic heterocycles. The van der Waals surface area contributed by atoms with Crippen LogP contribution in [0.15, 0.2) is 39.4 Å². The van der Waals surface area contributed by atoms with Crippen molar-refractivity contribution in [2.24, 2.45) is 5.73 Å². The number of carbonyl (C=O) groups is 2. The summed E-state index contributed by atoms with van der Waals surface area (Å²) in [5.41, 5.74) is 5.94. The van der Waals surface area contributed by atoms with E-state index in [0.717, 1.165) is 35.7 Å². The number of carbonyl (C=O) groups excluding carboxylic acids is 2. The monoisotopic (exact) mass is 437 g/mol. The molecule has 1 heterocycles. The van der Waals surface area contributed by atoms with Crippen molar-refractivity contribution in [3.63, 3.8) is 0 Å². The molecule has 2 amide bonds. The van der Waals surface area contributed by atoms with E-state index >= 15 is 0 Å². The van der Waals surface area contributed by atoms with Crippen LogP contribution in [-0.4, -0.2) is 29.6 Å². The Kier molecular flexibility index (Phi) is 8.32. The van der Waals surface area contributed by atoms with Gasteiger partial charge in [0.05, 0.1) is 12.6 Å². The number of primary amides is 1. The number of nitrogens with one attached hydrogen (secondary N) is 1. The maximum Gasteiger partial charge on any atom is 0.405 e. The van der Waals surface area contributed by atoms with Gasteiger partial charge >= 0.3 is 6.09 Å². The molecule has 1 unspecified atom stereocenters. The van der Waals surface area contributed by atoms with Gasteiger partial charge in [0, 0.05) is 16.6 Å². The van der Waals surface area contributed by atoms with Gasteiger partial charge < -0.3 is 20.2 Å². The SMILES string of the molecule is CCCCCCNC(=O)C(Cc1ncc(-c2ccc(Br)cc2)o1)OC(N)=O. The number of halogens is 1. The highest BCUT2D eigenvalue weighted by Crippen LogP contribution is 2.23. The summed E-state index contributed by atoms with van der Waals surface area (Å²) in [5, 5.41) is 2.77. The van der Waals surface area contributed by atoms with E-state index in [4.69, 9.17) is 14.9 Å². The number of oxazole rings is 1. The fourth-order valence-corrected chi connectivity index (χ4v) is 2.78. The minimum absolute atomic E-state index is 0.0141. The lowest BCUT2D eigenvalue weighted by Crippen LogP contribution is -2.40. The van der Waals surface area contributed by atoms with E-state index in [1.54, 1.807) is 6.20 Å². The Balaban J connectivity index is 1.97. The molecule has 3 N–H and O–H groups in total. The largest absolute Gasteiger partial charge is 0.441 e. The van der Waals surface area contributed by atoms with Gasteiger partial charge in [0.15, 0.2) is 17.8 Å². The van der Waals surface area contributed by atoms with Crippen LogP contribution >= 0.6 is 15.9 Å². The molecule has 0 aliphatic rings. The maximum atomic E-state index is 12.3. The number of nitrogens with zero attached hydrogens (tertiary/aromatic N) is 1. The third-order valence-electron chi connectivity index (χ3n) is 3.92. The standard InChI is InChI=1S/C19H24BrN3O4/c1-2-3-4-5-10-22-18(24)15(27-19(21)25)11-17-23-12-16(26-17)13-6-8-14(20)9-7-13/h6-9,12,15H,2-5,10-11H2,1H3,(H2,21,25)(H,22,24). The first kappa shape index (κ1) is 21.0. The number of hydrogen-bond donors (Lipinski definition) is 2. The quantitative estimate of drug-likeness (QED) is 0.549. The molecule has 8 heteroatoms. The van der Waals surface area contributed by atoms with Gasteiger partial charge in [-0.2, -0.15) is 0 Å². The fraction of sp³-hybridized carbons (Fsp3) is 0.421. The topological polar surface area (TPSA) is 107 Å². The molecule has 0 saturated heterocycles. The molecular weight excluding hydrogens is 414 g/mol. The summed E-state index contributed by atoms with van der Waals surface area (Å²) in [6.45, 7) is 2.64. The highest BCUT2D eigenvalue weighted by molar-refractivity contribution is 9.10. The molecule has 0 saturated carbocycles. The summed E-state index contributed by atoms with van der Waals surface area (Å²) >= 11 is 3.38. The zero-order valence-electron chi connectivity index (χ0n) is 15.2. The van der Waals surface area contributed by atoms with Crippen molar-refractivity contribution in [1.82, 2.24) is 10.3 Å². The fourth-order valence-electron chi connectivity index (χ4n) is 2.52. The van der Waals surface area contributed by atoms with Crippen LogP contribution in [-0.2, 0) is 16.0 Å². The van der Waals surface area contributed by atoms with Gasteiger partial charge in [-0.15, -0.1) is 0 Å². The number of amides is 2. The Labute approximate surface area is 166 Å². The molecule has 27 heavy (non-hydrogen) atoms. The Bertz CT molecular complexity index is 746. The van der Waals surface area contributed by atoms with E-state index in [1.807, 2.05) is 24.3 Å². The minimum Gasteiger partial charge on any atom is -0.441 e. The first-order valence-electron chi connectivity index (χ1n) is 8.94. The highest BCUT2D eigenvalue weighted by atomic mass is 79.9. The lowest BCUT2D eigenvalue weighted by atomic mass is 10.2. The van der Waals surface area contributed by atoms with Gasteiger partial charge in [-0.25, -0.2) is 9.78 Å². The van der Waals surface area contributed by atoms with Crippen LogP contribution in [0.3, 0.4) is 0 Å². The van der Waals surface area contributed by atoms with Crippen LogP contribution in [0.1, 0.15) is 38.5 Å². The van der Waals surface area contributed by atoms with Crippen LogP contribution in [0.4, 0.5) is 4.79 Å². The van der Waals surface area contributed by atoms with Gasteiger partial charge in [0.2, 0.25) is 0 Å². The Morgan fingerprint density at radius 3 is 2.67 bits per heavy atom. The maximum absolute atomic E-state index is 12.3. The van der Waals surface area contributed by atoms with Crippen molar-refractivity contribution in [3.8, 4) is 11.3 Å². The van der Waals surface area contributed by atoms with Crippen molar-refractivity contribution in [1.29, 1.82) is 0 Å². The molecular formula is C19H24BrN3O4. The van der Waals surface area contributed by atoms with Crippen LogP contribution < -0.4 is 11.1 Å². The van der Waals surface area contributed by atoms with E-state index in [-0.39, 0.29) is 6.42 Å². The smallest absolute Gasteiger partial charge is 0.405 e. The molecule has 0 radical (unpaired) electrons. The van der Waals surface area contributed by atoms with E-state index in [9.17, 15) is 9.59 Å². The second-order valence-corrected chi connectivity index (χ2v) is 7.02. The number of aromatic nitrogens is 1.